The van der Waals surface area contributed by atoms with E-state index in [1.54, 1.807) is 23.8 Å². The third kappa shape index (κ3) is 2.78. The molecule has 9 heteroatoms. The Morgan fingerprint density at radius 2 is 1.92 bits per heavy atom. The Bertz CT molecular complexity index is 1090. The summed E-state index contributed by atoms with van der Waals surface area (Å²) in [4.78, 5) is 31.0. The Balaban J connectivity index is 1.91. The number of aryl methyl sites for hydroxylation is 1. The minimum atomic E-state index is -0.181. The van der Waals surface area contributed by atoms with Crippen LogP contribution in [0.15, 0.2) is 47.4 Å². The van der Waals surface area contributed by atoms with E-state index in [0.717, 1.165) is 11.0 Å². The van der Waals surface area contributed by atoms with E-state index in [0.29, 0.717) is 23.4 Å². The van der Waals surface area contributed by atoms with Crippen LogP contribution in [-0.2, 0) is 0 Å². The van der Waals surface area contributed by atoms with E-state index in [2.05, 4.69) is 30.2 Å². The standard InChI is InChI=1S/C16H14N8O/c1-9-19-14(17)23-15(20-9)24-12-5-3-2-4-11(12)22-16(24)21-10-6-7-13(25)18-8-10/h2-8H,1H3,(H,18,25)(H,21,22)(H2,17,19,20,23). The number of para-hydroxylation sites is 2. The summed E-state index contributed by atoms with van der Waals surface area (Å²) < 4.78 is 1.76. The molecule has 0 fully saturated rings. The number of aromatic nitrogens is 6. The zero-order valence-electron chi connectivity index (χ0n) is 13.3. The minimum absolute atomic E-state index is 0.135. The molecule has 0 atom stereocenters. The van der Waals surface area contributed by atoms with E-state index < -0.39 is 0 Å². The van der Waals surface area contributed by atoms with Gasteiger partial charge in [0.25, 0.3) is 0 Å². The van der Waals surface area contributed by atoms with Crippen molar-refractivity contribution in [2.75, 3.05) is 11.1 Å². The van der Waals surface area contributed by atoms with E-state index in [4.69, 9.17) is 5.73 Å². The quantitative estimate of drug-likeness (QED) is 0.518. The van der Waals surface area contributed by atoms with Gasteiger partial charge >= 0.3 is 0 Å². The summed E-state index contributed by atoms with van der Waals surface area (Å²) in [6.45, 7) is 1.75. The number of anilines is 3. The third-order valence-corrected chi connectivity index (χ3v) is 3.55. The molecular formula is C16H14N8O. The fraction of sp³-hybridized carbons (Fsp3) is 0.0625. The average molecular weight is 334 g/mol. The van der Waals surface area contributed by atoms with E-state index in [1.165, 1.54) is 6.07 Å². The topological polar surface area (TPSA) is 127 Å². The summed E-state index contributed by atoms with van der Waals surface area (Å²) in [7, 11) is 0. The molecule has 1 aromatic carbocycles. The Kier molecular flexibility index (Phi) is 3.38. The van der Waals surface area contributed by atoms with Gasteiger partial charge in [-0.15, -0.1) is 0 Å². The lowest BCUT2D eigenvalue weighted by Gasteiger charge is -2.10. The summed E-state index contributed by atoms with van der Waals surface area (Å²) in [5.41, 5.74) is 7.86. The molecule has 3 aromatic heterocycles. The molecule has 0 aliphatic rings. The summed E-state index contributed by atoms with van der Waals surface area (Å²) in [6, 6.07) is 10.7. The Morgan fingerprint density at radius 3 is 2.68 bits per heavy atom. The van der Waals surface area contributed by atoms with Crippen LogP contribution in [0.1, 0.15) is 5.82 Å². The average Bonchev–Trinajstić information content (AvgIpc) is 2.94. The van der Waals surface area contributed by atoms with Crippen molar-refractivity contribution in [3.05, 3.63) is 58.8 Å². The molecule has 0 unspecified atom stereocenters. The molecule has 9 nitrogen and oxygen atoms in total. The molecule has 0 saturated heterocycles. The summed E-state index contributed by atoms with van der Waals surface area (Å²) >= 11 is 0. The lowest BCUT2D eigenvalue weighted by molar-refractivity contribution is 0.894. The van der Waals surface area contributed by atoms with Crippen molar-refractivity contribution < 1.29 is 0 Å². The molecule has 3 heterocycles. The monoisotopic (exact) mass is 334 g/mol. The van der Waals surface area contributed by atoms with Gasteiger partial charge in [-0.25, -0.2) is 9.55 Å². The van der Waals surface area contributed by atoms with E-state index >= 15 is 0 Å². The van der Waals surface area contributed by atoms with Crippen LogP contribution in [0.4, 0.5) is 17.6 Å². The maximum atomic E-state index is 11.2. The number of hydrogen-bond acceptors (Lipinski definition) is 7. The summed E-state index contributed by atoms with van der Waals surface area (Å²) in [6.07, 6.45) is 1.57. The van der Waals surface area contributed by atoms with Gasteiger partial charge in [-0.2, -0.15) is 15.0 Å². The molecule has 0 aliphatic heterocycles. The summed E-state index contributed by atoms with van der Waals surface area (Å²) in [5.74, 6) is 1.51. The van der Waals surface area contributed by atoms with Crippen LogP contribution in [0.25, 0.3) is 17.0 Å². The lowest BCUT2D eigenvalue weighted by Crippen LogP contribution is -2.10. The van der Waals surface area contributed by atoms with Gasteiger partial charge in [0.15, 0.2) is 0 Å². The number of nitrogens with one attached hydrogen (secondary N) is 2. The van der Waals surface area contributed by atoms with Gasteiger partial charge in [-0.1, -0.05) is 12.1 Å². The van der Waals surface area contributed by atoms with Crippen molar-refractivity contribution in [3.63, 3.8) is 0 Å². The number of imidazole rings is 1. The van der Waals surface area contributed by atoms with Crippen molar-refractivity contribution in [2.45, 2.75) is 6.92 Å². The second-order valence-corrected chi connectivity index (χ2v) is 5.37. The van der Waals surface area contributed by atoms with E-state index in [-0.39, 0.29) is 11.5 Å². The van der Waals surface area contributed by atoms with Crippen molar-refractivity contribution in [1.29, 1.82) is 0 Å². The largest absolute Gasteiger partial charge is 0.368 e. The highest BCUT2D eigenvalue weighted by Gasteiger charge is 2.15. The second kappa shape index (κ2) is 5.71. The van der Waals surface area contributed by atoms with Crippen LogP contribution in [0.3, 0.4) is 0 Å². The predicted molar refractivity (Wildman–Crippen MR) is 93.9 cm³/mol. The summed E-state index contributed by atoms with van der Waals surface area (Å²) in [5, 5.41) is 3.17. The van der Waals surface area contributed by atoms with Crippen LogP contribution in [0.2, 0.25) is 0 Å². The normalized spacial score (nSPS) is 10.9. The van der Waals surface area contributed by atoms with E-state index in [1.807, 2.05) is 24.3 Å². The number of nitrogens with zero attached hydrogens (tertiary/aromatic N) is 5. The molecule has 0 spiro atoms. The number of hydrogen-bond donors (Lipinski definition) is 3. The van der Waals surface area contributed by atoms with Gasteiger partial charge in [0.05, 0.1) is 16.7 Å². The van der Waals surface area contributed by atoms with Gasteiger partial charge in [-0.05, 0) is 25.1 Å². The Hall–Kier alpha value is -3.75. The van der Waals surface area contributed by atoms with Crippen LogP contribution in [0, 0.1) is 6.92 Å². The molecule has 0 radical (unpaired) electrons. The number of nitrogen functional groups attached to an aromatic ring is 1. The molecular weight excluding hydrogens is 320 g/mol. The molecule has 25 heavy (non-hydrogen) atoms. The predicted octanol–water partition coefficient (Wildman–Crippen LogP) is 1.53. The number of H-pyrrole nitrogens is 1. The smallest absolute Gasteiger partial charge is 0.248 e. The van der Waals surface area contributed by atoms with Gasteiger partial charge in [-0.3, -0.25) is 4.79 Å². The first-order valence-electron chi connectivity index (χ1n) is 7.52. The number of nitrogens with two attached hydrogens (primary N) is 1. The first-order chi connectivity index (χ1) is 12.1. The number of benzene rings is 1. The number of aromatic amines is 1. The van der Waals surface area contributed by atoms with Gasteiger partial charge in [0.1, 0.15) is 5.82 Å². The van der Waals surface area contributed by atoms with E-state index in [9.17, 15) is 4.79 Å². The maximum absolute atomic E-state index is 11.2. The molecule has 0 aliphatic carbocycles. The number of fused-ring (bicyclic) bond motifs is 1. The van der Waals surface area contributed by atoms with Crippen molar-refractivity contribution in [3.8, 4) is 5.95 Å². The highest BCUT2D eigenvalue weighted by atomic mass is 16.1. The van der Waals surface area contributed by atoms with Crippen LogP contribution in [-0.4, -0.2) is 29.5 Å². The highest BCUT2D eigenvalue weighted by molar-refractivity contribution is 5.81. The first kappa shape index (κ1) is 14.8. The maximum Gasteiger partial charge on any atom is 0.248 e. The van der Waals surface area contributed by atoms with Gasteiger partial charge in [0, 0.05) is 12.3 Å². The molecule has 4 aromatic rings. The molecule has 124 valence electrons. The lowest BCUT2D eigenvalue weighted by atomic mass is 10.3. The van der Waals surface area contributed by atoms with Crippen molar-refractivity contribution in [1.82, 2.24) is 29.5 Å². The number of rotatable bonds is 3. The SMILES string of the molecule is Cc1nc(N)nc(-n2c(Nc3ccc(=O)[nH]c3)nc3ccccc32)n1. The third-order valence-electron chi connectivity index (χ3n) is 3.55. The van der Waals surface area contributed by atoms with Gasteiger partial charge in [0.2, 0.25) is 23.4 Å². The molecule has 0 bridgehead atoms. The minimum Gasteiger partial charge on any atom is -0.368 e. The fourth-order valence-corrected chi connectivity index (χ4v) is 2.52. The molecule has 0 saturated carbocycles. The van der Waals surface area contributed by atoms with Gasteiger partial charge < -0.3 is 16.0 Å². The van der Waals surface area contributed by atoms with Crippen molar-refractivity contribution >= 4 is 28.6 Å². The fourth-order valence-electron chi connectivity index (χ4n) is 2.52. The Morgan fingerprint density at radius 1 is 1.08 bits per heavy atom. The highest BCUT2D eigenvalue weighted by Crippen LogP contribution is 2.25. The zero-order valence-corrected chi connectivity index (χ0v) is 13.3. The van der Waals surface area contributed by atoms with Crippen LogP contribution in [0.5, 0.6) is 0 Å². The zero-order chi connectivity index (χ0) is 17.4. The molecule has 4 rings (SSSR count). The van der Waals surface area contributed by atoms with Crippen molar-refractivity contribution in [2.24, 2.45) is 0 Å². The first-order valence-corrected chi connectivity index (χ1v) is 7.52. The molecule has 0 amide bonds. The Labute approximate surface area is 141 Å². The van der Waals surface area contributed by atoms with Crippen LogP contribution < -0.4 is 16.6 Å². The number of pyridine rings is 1. The van der Waals surface area contributed by atoms with Crippen LogP contribution >= 0.6 is 0 Å². The molecule has 4 N–H and O–H groups in total. The second-order valence-electron chi connectivity index (χ2n) is 5.37.